The Balaban J connectivity index is 1.28. The number of nitrogens with one attached hydrogen (secondary N) is 1. The maximum Gasteiger partial charge on any atom is 0.225 e. The second-order valence-corrected chi connectivity index (χ2v) is 8.84. The van der Waals surface area contributed by atoms with E-state index >= 15 is 0 Å². The highest BCUT2D eigenvalue weighted by Crippen LogP contribution is 2.28. The van der Waals surface area contributed by atoms with Gasteiger partial charge in [-0.3, -0.25) is 9.59 Å². The van der Waals surface area contributed by atoms with Crippen LogP contribution < -0.4 is 10.1 Å². The first-order valence-corrected chi connectivity index (χ1v) is 11.7. The number of methoxy groups -OCH3 is 1. The fourth-order valence-electron chi connectivity index (χ4n) is 4.77. The van der Waals surface area contributed by atoms with Crippen LogP contribution in [-0.4, -0.2) is 51.7 Å². The molecule has 8 heteroatoms. The van der Waals surface area contributed by atoms with Crippen molar-refractivity contribution in [2.75, 3.05) is 20.2 Å². The first-order valence-electron chi connectivity index (χ1n) is 11.7. The third-order valence-corrected chi connectivity index (χ3v) is 6.74. The molecule has 1 aliphatic carbocycles. The number of aromatic nitrogens is 3. The number of hydrogen-bond donors (Lipinski definition) is 1. The van der Waals surface area contributed by atoms with E-state index in [1.807, 2.05) is 29.2 Å². The molecule has 1 saturated heterocycles. The van der Waals surface area contributed by atoms with Crippen LogP contribution >= 0.6 is 0 Å². The van der Waals surface area contributed by atoms with E-state index in [2.05, 4.69) is 20.1 Å². The molecule has 32 heavy (non-hydrogen) atoms. The van der Waals surface area contributed by atoms with Crippen LogP contribution in [0, 0.1) is 5.92 Å². The maximum absolute atomic E-state index is 12.9. The largest absolute Gasteiger partial charge is 0.497 e. The van der Waals surface area contributed by atoms with Gasteiger partial charge in [-0.25, -0.2) is 0 Å². The molecule has 4 rings (SSSR count). The molecule has 1 N–H and O–H groups in total. The van der Waals surface area contributed by atoms with Crippen LogP contribution in [0.1, 0.15) is 62.4 Å². The molecule has 2 heterocycles. The standard InChI is InChI=1S/C24H33N5O3/c1-32-21-10-7-18(8-11-21)13-14-28-16-19(9-12-23(28)30)24(31)25-15-22-27-26-17-29(22)20-5-3-2-4-6-20/h7-8,10-11,17,19-20H,2-6,9,12-16H2,1H3,(H,25,31)/t19-/m1/s1. The first kappa shape index (κ1) is 22.3. The molecule has 0 radical (unpaired) electrons. The summed E-state index contributed by atoms with van der Waals surface area (Å²) in [6, 6.07) is 8.32. The van der Waals surface area contributed by atoms with E-state index in [0.29, 0.717) is 38.5 Å². The van der Waals surface area contributed by atoms with Gasteiger partial charge in [0.25, 0.3) is 0 Å². The third kappa shape index (κ3) is 5.47. The van der Waals surface area contributed by atoms with Crippen molar-refractivity contribution in [1.29, 1.82) is 0 Å². The van der Waals surface area contributed by atoms with Gasteiger partial charge in [0.15, 0.2) is 5.82 Å². The lowest BCUT2D eigenvalue weighted by atomic mass is 9.95. The highest BCUT2D eigenvalue weighted by Gasteiger charge is 2.30. The normalized spacial score (nSPS) is 19.7. The zero-order chi connectivity index (χ0) is 22.3. The number of carbonyl (C=O) groups excluding carboxylic acids is 2. The molecule has 1 aromatic heterocycles. The number of piperidine rings is 1. The Labute approximate surface area is 189 Å². The van der Waals surface area contributed by atoms with Gasteiger partial charge in [0.2, 0.25) is 11.8 Å². The Kier molecular flexibility index (Phi) is 7.39. The van der Waals surface area contributed by atoms with Crippen molar-refractivity contribution >= 4 is 11.8 Å². The lowest BCUT2D eigenvalue weighted by Crippen LogP contribution is -2.46. The summed E-state index contributed by atoms with van der Waals surface area (Å²) in [6.45, 7) is 1.46. The summed E-state index contributed by atoms with van der Waals surface area (Å²) >= 11 is 0. The predicted octanol–water partition coefficient (Wildman–Crippen LogP) is 2.89. The quantitative estimate of drug-likeness (QED) is 0.683. The van der Waals surface area contributed by atoms with Gasteiger partial charge in [0.05, 0.1) is 19.6 Å². The van der Waals surface area contributed by atoms with E-state index in [4.69, 9.17) is 4.74 Å². The molecule has 8 nitrogen and oxygen atoms in total. The number of carbonyl (C=O) groups is 2. The van der Waals surface area contributed by atoms with Crippen molar-refractivity contribution in [3.63, 3.8) is 0 Å². The van der Waals surface area contributed by atoms with Crippen molar-refractivity contribution in [2.24, 2.45) is 5.92 Å². The molecular weight excluding hydrogens is 406 g/mol. The van der Waals surface area contributed by atoms with Gasteiger partial charge in [0.1, 0.15) is 12.1 Å². The van der Waals surface area contributed by atoms with Crippen molar-refractivity contribution in [1.82, 2.24) is 25.0 Å². The van der Waals surface area contributed by atoms with Gasteiger partial charge < -0.3 is 19.5 Å². The van der Waals surface area contributed by atoms with Gasteiger partial charge in [-0.1, -0.05) is 31.4 Å². The summed E-state index contributed by atoms with van der Waals surface area (Å²) in [5.74, 6) is 1.56. The van der Waals surface area contributed by atoms with E-state index in [-0.39, 0.29) is 17.7 Å². The van der Waals surface area contributed by atoms with Crippen LogP contribution in [0.15, 0.2) is 30.6 Å². The van der Waals surface area contributed by atoms with E-state index in [1.54, 1.807) is 13.4 Å². The van der Waals surface area contributed by atoms with Crippen molar-refractivity contribution in [3.05, 3.63) is 42.0 Å². The molecule has 2 fully saturated rings. The second kappa shape index (κ2) is 10.6. The van der Waals surface area contributed by atoms with Gasteiger partial charge in [-0.05, 0) is 43.4 Å². The van der Waals surface area contributed by atoms with E-state index < -0.39 is 0 Å². The number of rotatable bonds is 8. The molecular formula is C24H33N5O3. The molecule has 2 aliphatic rings. The molecule has 0 spiro atoms. The van der Waals surface area contributed by atoms with E-state index in [9.17, 15) is 9.59 Å². The lowest BCUT2D eigenvalue weighted by Gasteiger charge is -2.32. The fourth-order valence-corrected chi connectivity index (χ4v) is 4.77. The van der Waals surface area contributed by atoms with Gasteiger partial charge in [0, 0.05) is 25.6 Å². The Morgan fingerprint density at radius 2 is 1.94 bits per heavy atom. The van der Waals surface area contributed by atoms with Crippen molar-refractivity contribution < 1.29 is 14.3 Å². The summed E-state index contributed by atoms with van der Waals surface area (Å²) in [5, 5.41) is 11.4. The molecule has 1 saturated carbocycles. The van der Waals surface area contributed by atoms with Crippen molar-refractivity contribution in [3.8, 4) is 5.75 Å². The van der Waals surface area contributed by atoms with Crippen LogP contribution in [-0.2, 0) is 22.6 Å². The molecule has 0 bridgehead atoms. The topological polar surface area (TPSA) is 89.3 Å². The zero-order valence-electron chi connectivity index (χ0n) is 18.8. The summed E-state index contributed by atoms with van der Waals surface area (Å²) in [4.78, 5) is 27.1. The SMILES string of the molecule is COc1ccc(CCN2C[C@H](C(=O)NCc3nncn3C3CCCCC3)CCC2=O)cc1. The average Bonchev–Trinajstić information content (AvgIpc) is 3.31. The number of likely N-dealkylation sites (tertiary alicyclic amines) is 1. The van der Waals surface area contributed by atoms with Crippen LogP contribution in [0.25, 0.3) is 0 Å². The third-order valence-electron chi connectivity index (χ3n) is 6.74. The average molecular weight is 440 g/mol. The summed E-state index contributed by atoms with van der Waals surface area (Å²) in [6.07, 6.45) is 9.61. The first-order chi connectivity index (χ1) is 15.6. The minimum Gasteiger partial charge on any atom is -0.497 e. The molecule has 172 valence electrons. The number of ether oxygens (including phenoxy) is 1. The second-order valence-electron chi connectivity index (χ2n) is 8.84. The highest BCUT2D eigenvalue weighted by molar-refractivity contribution is 5.83. The Bertz CT molecular complexity index is 905. The molecule has 1 aromatic carbocycles. The molecule has 1 aliphatic heterocycles. The van der Waals surface area contributed by atoms with Crippen LogP contribution in [0.2, 0.25) is 0 Å². The molecule has 2 aromatic rings. The Morgan fingerprint density at radius 1 is 1.16 bits per heavy atom. The monoisotopic (exact) mass is 439 g/mol. The zero-order valence-corrected chi connectivity index (χ0v) is 18.8. The number of benzene rings is 1. The fraction of sp³-hybridized carbons (Fsp3) is 0.583. The maximum atomic E-state index is 12.9. The van der Waals surface area contributed by atoms with Crippen LogP contribution in [0.4, 0.5) is 0 Å². The van der Waals surface area contributed by atoms with Crippen LogP contribution in [0.5, 0.6) is 5.75 Å². The molecule has 1 atom stereocenters. The lowest BCUT2D eigenvalue weighted by molar-refractivity contribution is -0.138. The smallest absolute Gasteiger partial charge is 0.225 e. The van der Waals surface area contributed by atoms with E-state index in [0.717, 1.165) is 36.4 Å². The van der Waals surface area contributed by atoms with E-state index in [1.165, 1.54) is 19.3 Å². The predicted molar refractivity (Wildman–Crippen MR) is 120 cm³/mol. The van der Waals surface area contributed by atoms with Gasteiger partial charge in [-0.15, -0.1) is 10.2 Å². The Hall–Kier alpha value is -2.90. The Morgan fingerprint density at radius 3 is 2.69 bits per heavy atom. The minimum atomic E-state index is -0.186. The summed E-state index contributed by atoms with van der Waals surface area (Å²) in [5.41, 5.74) is 1.15. The minimum absolute atomic E-state index is 0.00913. The molecule has 0 unspecified atom stereocenters. The summed E-state index contributed by atoms with van der Waals surface area (Å²) < 4.78 is 7.32. The van der Waals surface area contributed by atoms with Crippen molar-refractivity contribution in [2.45, 2.75) is 64.0 Å². The van der Waals surface area contributed by atoms with Gasteiger partial charge >= 0.3 is 0 Å². The van der Waals surface area contributed by atoms with Crippen LogP contribution in [0.3, 0.4) is 0 Å². The summed E-state index contributed by atoms with van der Waals surface area (Å²) in [7, 11) is 1.65. The number of amides is 2. The number of hydrogen-bond acceptors (Lipinski definition) is 5. The van der Waals surface area contributed by atoms with Gasteiger partial charge in [-0.2, -0.15) is 0 Å². The number of nitrogens with zero attached hydrogens (tertiary/aromatic N) is 4. The molecule has 2 amide bonds. The highest BCUT2D eigenvalue weighted by atomic mass is 16.5.